The number of halogens is 1. The van der Waals surface area contributed by atoms with Crippen LogP contribution in [0.1, 0.15) is 10.4 Å². The molecular formula is C16H13FN2O5. The molecule has 2 N–H and O–H groups in total. The molecule has 0 radical (unpaired) electrons. The zero-order valence-corrected chi connectivity index (χ0v) is 12.4. The highest BCUT2D eigenvalue weighted by Gasteiger charge is 2.14. The molecule has 2 aromatic carbocycles. The molecule has 0 spiro atoms. The standard InChI is InChI=1S/C16H13FN2O5/c17-11-3-1-10(2-4-11)16(21)19-18-15(20)8-22-12-5-6-13-14(7-12)24-9-23-13/h1-7H,8-9H2,(H,18,20)(H,19,21). The summed E-state index contributed by atoms with van der Waals surface area (Å²) < 4.78 is 28.4. The Labute approximate surface area is 136 Å². The molecule has 1 heterocycles. The van der Waals surface area contributed by atoms with Gasteiger partial charge >= 0.3 is 0 Å². The second-order valence-electron chi connectivity index (χ2n) is 4.81. The molecule has 8 heteroatoms. The Morgan fingerprint density at radius 1 is 1.04 bits per heavy atom. The molecule has 0 aliphatic carbocycles. The number of hydrogen-bond donors (Lipinski definition) is 2. The van der Waals surface area contributed by atoms with Crippen molar-refractivity contribution in [1.29, 1.82) is 0 Å². The number of rotatable bonds is 4. The number of benzene rings is 2. The van der Waals surface area contributed by atoms with Gasteiger partial charge in [-0.05, 0) is 36.4 Å². The lowest BCUT2D eigenvalue weighted by atomic mass is 10.2. The minimum atomic E-state index is -0.563. The van der Waals surface area contributed by atoms with E-state index in [4.69, 9.17) is 14.2 Å². The fourth-order valence-electron chi connectivity index (χ4n) is 1.95. The highest BCUT2D eigenvalue weighted by Crippen LogP contribution is 2.34. The Bertz CT molecular complexity index is 764. The van der Waals surface area contributed by atoms with Crippen molar-refractivity contribution in [3.8, 4) is 17.2 Å². The monoisotopic (exact) mass is 332 g/mol. The molecule has 0 saturated heterocycles. The second-order valence-corrected chi connectivity index (χ2v) is 4.81. The summed E-state index contributed by atoms with van der Waals surface area (Å²) in [5.41, 5.74) is 4.63. The molecule has 0 bridgehead atoms. The van der Waals surface area contributed by atoms with E-state index in [1.165, 1.54) is 12.1 Å². The largest absolute Gasteiger partial charge is 0.484 e. The third-order valence-electron chi connectivity index (χ3n) is 3.14. The first-order valence-corrected chi connectivity index (χ1v) is 6.99. The molecule has 0 unspecified atom stereocenters. The Morgan fingerprint density at radius 2 is 1.79 bits per heavy atom. The third kappa shape index (κ3) is 3.72. The van der Waals surface area contributed by atoms with Crippen molar-refractivity contribution in [2.75, 3.05) is 13.4 Å². The van der Waals surface area contributed by atoms with Crippen molar-refractivity contribution < 1.29 is 28.2 Å². The van der Waals surface area contributed by atoms with Crippen LogP contribution in [0.25, 0.3) is 0 Å². The third-order valence-corrected chi connectivity index (χ3v) is 3.14. The second kappa shape index (κ2) is 6.86. The zero-order chi connectivity index (χ0) is 16.9. The lowest BCUT2D eigenvalue weighted by Gasteiger charge is -2.09. The summed E-state index contributed by atoms with van der Waals surface area (Å²) >= 11 is 0. The summed E-state index contributed by atoms with van der Waals surface area (Å²) in [6.07, 6.45) is 0. The summed E-state index contributed by atoms with van der Waals surface area (Å²) in [4.78, 5) is 23.4. The molecule has 124 valence electrons. The van der Waals surface area contributed by atoms with E-state index in [9.17, 15) is 14.0 Å². The van der Waals surface area contributed by atoms with Crippen molar-refractivity contribution in [2.24, 2.45) is 0 Å². The van der Waals surface area contributed by atoms with Gasteiger partial charge in [0.15, 0.2) is 18.1 Å². The SMILES string of the molecule is O=C(COc1ccc2c(c1)OCO2)NNC(=O)c1ccc(F)cc1. The van der Waals surface area contributed by atoms with Crippen molar-refractivity contribution in [3.63, 3.8) is 0 Å². The molecule has 2 amide bonds. The Balaban J connectivity index is 1.46. The van der Waals surface area contributed by atoms with Crippen molar-refractivity contribution in [3.05, 3.63) is 53.8 Å². The van der Waals surface area contributed by atoms with Crippen LogP contribution in [0.15, 0.2) is 42.5 Å². The number of hydrogen-bond acceptors (Lipinski definition) is 5. The van der Waals surface area contributed by atoms with Crippen molar-refractivity contribution >= 4 is 11.8 Å². The number of fused-ring (bicyclic) bond motifs is 1. The van der Waals surface area contributed by atoms with E-state index in [2.05, 4.69) is 10.9 Å². The van der Waals surface area contributed by atoms with Gasteiger partial charge in [0.2, 0.25) is 6.79 Å². The maximum atomic E-state index is 12.8. The quantitative estimate of drug-likeness (QED) is 0.827. The van der Waals surface area contributed by atoms with Crippen molar-refractivity contribution in [2.45, 2.75) is 0 Å². The number of amides is 2. The van der Waals surface area contributed by atoms with Gasteiger partial charge in [0.05, 0.1) is 0 Å². The summed E-state index contributed by atoms with van der Waals surface area (Å²) in [5.74, 6) is 0.0115. The molecule has 1 aliphatic rings. The Kier molecular flexibility index (Phi) is 4.46. The maximum absolute atomic E-state index is 12.8. The number of carbonyl (C=O) groups is 2. The van der Waals surface area contributed by atoms with E-state index < -0.39 is 17.6 Å². The van der Waals surface area contributed by atoms with E-state index in [0.29, 0.717) is 17.2 Å². The fourth-order valence-corrected chi connectivity index (χ4v) is 1.95. The summed E-state index contributed by atoms with van der Waals surface area (Å²) in [6.45, 7) is -0.155. The molecule has 2 aromatic rings. The van der Waals surface area contributed by atoms with Gasteiger partial charge in [-0.1, -0.05) is 0 Å². The molecule has 1 aliphatic heterocycles. The van der Waals surface area contributed by atoms with Crippen LogP contribution in [-0.2, 0) is 4.79 Å². The Hall–Kier alpha value is -3.29. The van der Waals surface area contributed by atoms with Crippen LogP contribution in [0, 0.1) is 5.82 Å². The van der Waals surface area contributed by atoms with Crippen LogP contribution in [-0.4, -0.2) is 25.2 Å². The average molecular weight is 332 g/mol. The topological polar surface area (TPSA) is 85.9 Å². The summed E-state index contributed by atoms with van der Waals surface area (Å²) in [7, 11) is 0. The van der Waals surface area contributed by atoms with Crippen molar-refractivity contribution in [1.82, 2.24) is 10.9 Å². The highest BCUT2D eigenvalue weighted by molar-refractivity contribution is 5.95. The first-order chi connectivity index (χ1) is 11.6. The molecule has 0 saturated carbocycles. The van der Waals surface area contributed by atoms with Gasteiger partial charge in [0.25, 0.3) is 11.8 Å². The van der Waals surface area contributed by atoms with Crippen LogP contribution in [0.4, 0.5) is 4.39 Å². The minimum Gasteiger partial charge on any atom is -0.484 e. The molecule has 0 fully saturated rings. The predicted octanol–water partition coefficient (Wildman–Crippen LogP) is 1.39. The van der Waals surface area contributed by atoms with E-state index in [1.807, 2.05) is 0 Å². The van der Waals surface area contributed by atoms with E-state index in [-0.39, 0.29) is 19.0 Å². The summed E-state index contributed by atoms with van der Waals surface area (Å²) in [5, 5.41) is 0. The van der Waals surface area contributed by atoms with Gasteiger partial charge in [0, 0.05) is 11.6 Å². The molecule has 0 aromatic heterocycles. The van der Waals surface area contributed by atoms with Gasteiger partial charge in [-0.15, -0.1) is 0 Å². The van der Waals surface area contributed by atoms with Crippen LogP contribution >= 0.6 is 0 Å². The van der Waals surface area contributed by atoms with Gasteiger partial charge in [-0.25, -0.2) is 4.39 Å². The first-order valence-electron chi connectivity index (χ1n) is 6.99. The molecular weight excluding hydrogens is 319 g/mol. The van der Waals surface area contributed by atoms with Crippen LogP contribution in [0.2, 0.25) is 0 Å². The van der Waals surface area contributed by atoms with Crippen LogP contribution in [0.3, 0.4) is 0 Å². The number of hydrazine groups is 1. The first kappa shape index (κ1) is 15.6. The maximum Gasteiger partial charge on any atom is 0.276 e. The normalized spacial score (nSPS) is 11.7. The van der Waals surface area contributed by atoms with Crippen LogP contribution in [0.5, 0.6) is 17.2 Å². The number of carbonyl (C=O) groups excluding carboxylic acids is 2. The van der Waals surface area contributed by atoms with E-state index in [1.54, 1.807) is 18.2 Å². The highest BCUT2D eigenvalue weighted by atomic mass is 19.1. The fraction of sp³-hybridized carbons (Fsp3) is 0.125. The van der Waals surface area contributed by atoms with Gasteiger partial charge in [-0.3, -0.25) is 20.4 Å². The molecule has 3 rings (SSSR count). The van der Waals surface area contributed by atoms with Crippen LogP contribution < -0.4 is 25.1 Å². The zero-order valence-electron chi connectivity index (χ0n) is 12.4. The number of ether oxygens (including phenoxy) is 3. The molecule has 0 atom stereocenters. The summed E-state index contributed by atoms with van der Waals surface area (Å²) in [6, 6.07) is 9.83. The predicted molar refractivity (Wildman–Crippen MR) is 80.1 cm³/mol. The van der Waals surface area contributed by atoms with Gasteiger partial charge < -0.3 is 14.2 Å². The number of nitrogens with one attached hydrogen (secondary N) is 2. The van der Waals surface area contributed by atoms with E-state index >= 15 is 0 Å². The average Bonchev–Trinajstić information content (AvgIpc) is 3.06. The molecule has 7 nitrogen and oxygen atoms in total. The van der Waals surface area contributed by atoms with Gasteiger partial charge in [0.1, 0.15) is 11.6 Å². The van der Waals surface area contributed by atoms with E-state index in [0.717, 1.165) is 12.1 Å². The minimum absolute atomic E-state index is 0.148. The Morgan fingerprint density at radius 3 is 2.58 bits per heavy atom. The van der Waals surface area contributed by atoms with Gasteiger partial charge in [-0.2, -0.15) is 0 Å². The smallest absolute Gasteiger partial charge is 0.276 e. The molecule has 24 heavy (non-hydrogen) atoms. The lowest BCUT2D eigenvalue weighted by molar-refractivity contribution is -0.123. The lowest BCUT2D eigenvalue weighted by Crippen LogP contribution is -2.43.